The van der Waals surface area contributed by atoms with Crippen molar-refractivity contribution in [2.24, 2.45) is 7.05 Å². The molecule has 0 atom stereocenters. The lowest BCUT2D eigenvalue weighted by Crippen LogP contribution is -2.52. The molecule has 1 N–H and O–H groups in total. The van der Waals surface area contributed by atoms with Crippen molar-refractivity contribution in [3.8, 4) is 11.4 Å². The molecule has 1 aliphatic heterocycles. The molecule has 2 aromatic carbocycles. The van der Waals surface area contributed by atoms with E-state index in [0.717, 1.165) is 22.6 Å². The van der Waals surface area contributed by atoms with Gasteiger partial charge in [-0.15, -0.1) is 10.2 Å². The number of piperazine rings is 1. The van der Waals surface area contributed by atoms with Crippen molar-refractivity contribution in [1.29, 1.82) is 0 Å². The summed E-state index contributed by atoms with van der Waals surface area (Å²) in [5, 5.41) is 12.2. The van der Waals surface area contributed by atoms with E-state index in [1.54, 1.807) is 9.80 Å². The number of aryl methyl sites for hydroxylation is 1. The number of thioether (sulfide) groups is 1. The fourth-order valence-corrected chi connectivity index (χ4v) is 4.41. The normalized spacial score (nSPS) is 13.8. The maximum atomic E-state index is 12.7. The number of hydrogen-bond donors (Lipinski definition) is 1. The van der Waals surface area contributed by atoms with E-state index in [4.69, 9.17) is 0 Å². The summed E-state index contributed by atoms with van der Waals surface area (Å²) in [5.74, 6) is 1.12. The Bertz CT molecular complexity index is 1090. The van der Waals surface area contributed by atoms with Crippen LogP contribution in [0.15, 0.2) is 59.8 Å². The minimum atomic E-state index is -0.138. The number of amides is 3. The summed E-state index contributed by atoms with van der Waals surface area (Å²) in [6.45, 7) is 4.11. The van der Waals surface area contributed by atoms with Crippen LogP contribution in [0, 0.1) is 6.92 Å². The Balaban J connectivity index is 1.28. The van der Waals surface area contributed by atoms with Crippen LogP contribution < -0.4 is 5.32 Å². The van der Waals surface area contributed by atoms with Crippen molar-refractivity contribution in [2.75, 3.05) is 37.2 Å². The van der Waals surface area contributed by atoms with Crippen molar-refractivity contribution < 1.29 is 9.59 Å². The molecule has 0 bridgehead atoms. The minimum absolute atomic E-state index is 0.0403. The molecule has 0 saturated carbocycles. The summed E-state index contributed by atoms with van der Waals surface area (Å²) >= 11 is 1.38. The average Bonchev–Trinajstić information content (AvgIpc) is 3.18. The van der Waals surface area contributed by atoms with Crippen LogP contribution in [0.1, 0.15) is 5.56 Å². The Morgan fingerprint density at radius 3 is 2.31 bits per heavy atom. The van der Waals surface area contributed by atoms with Crippen LogP contribution in [0.4, 0.5) is 10.5 Å². The van der Waals surface area contributed by atoms with Gasteiger partial charge in [-0.3, -0.25) is 4.79 Å². The molecule has 2 heterocycles. The molecule has 0 radical (unpaired) electrons. The number of para-hydroxylation sites is 1. The molecule has 0 unspecified atom stereocenters. The van der Waals surface area contributed by atoms with Gasteiger partial charge in [-0.25, -0.2) is 4.79 Å². The molecule has 1 aromatic heterocycles. The van der Waals surface area contributed by atoms with Crippen LogP contribution in [0.5, 0.6) is 0 Å². The molecular weight excluding hydrogens is 424 g/mol. The van der Waals surface area contributed by atoms with E-state index < -0.39 is 0 Å². The second-order valence-corrected chi connectivity index (χ2v) is 8.58. The molecule has 4 rings (SSSR count). The lowest BCUT2D eigenvalue weighted by molar-refractivity contribution is -0.129. The first-order chi connectivity index (χ1) is 15.5. The third-order valence-electron chi connectivity index (χ3n) is 5.49. The van der Waals surface area contributed by atoms with Gasteiger partial charge in [-0.1, -0.05) is 54.2 Å². The van der Waals surface area contributed by atoms with Gasteiger partial charge in [0.25, 0.3) is 0 Å². The van der Waals surface area contributed by atoms with Gasteiger partial charge in [0.2, 0.25) is 5.91 Å². The fourth-order valence-electron chi connectivity index (χ4n) is 3.60. The molecule has 8 nitrogen and oxygen atoms in total. The summed E-state index contributed by atoms with van der Waals surface area (Å²) in [6.07, 6.45) is 0. The predicted octanol–water partition coefficient (Wildman–Crippen LogP) is 3.26. The van der Waals surface area contributed by atoms with Gasteiger partial charge in [0.05, 0.1) is 5.75 Å². The van der Waals surface area contributed by atoms with Crippen molar-refractivity contribution in [3.63, 3.8) is 0 Å². The fraction of sp³-hybridized carbons (Fsp3) is 0.304. The van der Waals surface area contributed by atoms with Crippen LogP contribution in [0.25, 0.3) is 11.4 Å². The Labute approximate surface area is 191 Å². The molecule has 32 heavy (non-hydrogen) atoms. The monoisotopic (exact) mass is 450 g/mol. The van der Waals surface area contributed by atoms with E-state index >= 15 is 0 Å². The summed E-state index contributed by atoms with van der Waals surface area (Å²) < 4.78 is 1.92. The highest BCUT2D eigenvalue weighted by atomic mass is 32.2. The van der Waals surface area contributed by atoms with Gasteiger partial charge in [-0.05, 0) is 24.6 Å². The number of urea groups is 1. The zero-order chi connectivity index (χ0) is 22.5. The van der Waals surface area contributed by atoms with Crippen LogP contribution >= 0.6 is 11.8 Å². The molecule has 0 spiro atoms. The molecule has 0 aliphatic carbocycles. The summed E-state index contributed by atoms with van der Waals surface area (Å²) in [4.78, 5) is 28.7. The Kier molecular flexibility index (Phi) is 6.75. The molecule has 9 heteroatoms. The van der Waals surface area contributed by atoms with E-state index in [1.165, 1.54) is 11.8 Å². The largest absolute Gasteiger partial charge is 0.338 e. The smallest absolute Gasteiger partial charge is 0.321 e. The molecule has 1 aliphatic rings. The number of aromatic nitrogens is 3. The second-order valence-electron chi connectivity index (χ2n) is 7.63. The van der Waals surface area contributed by atoms with Crippen LogP contribution in [-0.2, 0) is 11.8 Å². The first-order valence-electron chi connectivity index (χ1n) is 10.5. The number of carbonyl (C=O) groups excluding carboxylic acids is 2. The summed E-state index contributed by atoms with van der Waals surface area (Å²) in [7, 11) is 1.92. The number of benzene rings is 2. The second kappa shape index (κ2) is 9.86. The Morgan fingerprint density at radius 2 is 1.59 bits per heavy atom. The van der Waals surface area contributed by atoms with Gasteiger partial charge in [-0.2, -0.15) is 0 Å². The van der Waals surface area contributed by atoms with E-state index in [1.807, 2.05) is 73.1 Å². The van der Waals surface area contributed by atoms with Crippen molar-refractivity contribution >= 4 is 29.4 Å². The predicted molar refractivity (Wildman–Crippen MR) is 126 cm³/mol. The zero-order valence-electron chi connectivity index (χ0n) is 18.2. The molecule has 3 amide bonds. The van der Waals surface area contributed by atoms with Crippen LogP contribution in [0.2, 0.25) is 0 Å². The number of rotatable bonds is 5. The number of hydrogen-bond acceptors (Lipinski definition) is 5. The lowest BCUT2D eigenvalue weighted by Gasteiger charge is -2.34. The maximum Gasteiger partial charge on any atom is 0.321 e. The van der Waals surface area contributed by atoms with Gasteiger partial charge in [0, 0.05) is 44.5 Å². The molecule has 1 fully saturated rings. The maximum absolute atomic E-state index is 12.7. The van der Waals surface area contributed by atoms with E-state index in [9.17, 15) is 9.59 Å². The Hall–Kier alpha value is -3.33. The Morgan fingerprint density at radius 1 is 0.938 bits per heavy atom. The molecule has 166 valence electrons. The minimum Gasteiger partial charge on any atom is -0.338 e. The van der Waals surface area contributed by atoms with Gasteiger partial charge < -0.3 is 19.7 Å². The van der Waals surface area contributed by atoms with Gasteiger partial charge in [0.15, 0.2) is 11.0 Å². The number of anilines is 1. The number of nitrogens with zero attached hydrogens (tertiary/aromatic N) is 5. The molecule has 3 aromatic rings. The first-order valence-corrected chi connectivity index (χ1v) is 11.5. The van der Waals surface area contributed by atoms with Crippen LogP contribution in [-0.4, -0.2) is 68.4 Å². The number of carbonyl (C=O) groups is 2. The third kappa shape index (κ3) is 4.94. The zero-order valence-corrected chi connectivity index (χ0v) is 19.0. The number of nitrogens with one attached hydrogen (secondary N) is 1. The standard InChI is InChI=1S/C23H26N6O2S/c1-17-8-6-7-11-19(17)21-25-26-23(27(21)2)32-16-20(30)28-12-14-29(15-13-28)22(31)24-18-9-4-3-5-10-18/h3-11H,12-16H2,1-2H3,(H,24,31). The highest BCUT2D eigenvalue weighted by Crippen LogP contribution is 2.25. The van der Waals surface area contributed by atoms with Crippen LogP contribution in [0.3, 0.4) is 0 Å². The van der Waals surface area contributed by atoms with E-state index in [-0.39, 0.29) is 17.7 Å². The highest BCUT2D eigenvalue weighted by molar-refractivity contribution is 7.99. The third-order valence-corrected chi connectivity index (χ3v) is 6.50. The van der Waals surface area contributed by atoms with E-state index in [2.05, 4.69) is 15.5 Å². The lowest BCUT2D eigenvalue weighted by atomic mass is 10.1. The van der Waals surface area contributed by atoms with Crippen molar-refractivity contribution in [3.05, 3.63) is 60.2 Å². The van der Waals surface area contributed by atoms with Crippen molar-refractivity contribution in [1.82, 2.24) is 24.6 Å². The first kappa shape index (κ1) is 21.9. The van der Waals surface area contributed by atoms with Gasteiger partial charge in [0.1, 0.15) is 0 Å². The summed E-state index contributed by atoms with van der Waals surface area (Å²) in [6, 6.07) is 17.3. The SMILES string of the molecule is Cc1ccccc1-c1nnc(SCC(=O)N2CCN(C(=O)Nc3ccccc3)CC2)n1C. The molecule has 1 saturated heterocycles. The van der Waals surface area contributed by atoms with E-state index in [0.29, 0.717) is 31.3 Å². The highest BCUT2D eigenvalue weighted by Gasteiger charge is 2.24. The summed E-state index contributed by atoms with van der Waals surface area (Å²) in [5.41, 5.74) is 2.93. The average molecular weight is 451 g/mol. The van der Waals surface area contributed by atoms with Crippen molar-refractivity contribution in [2.45, 2.75) is 12.1 Å². The van der Waals surface area contributed by atoms with Gasteiger partial charge >= 0.3 is 6.03 Å². The topological polar surface area (TPSA) is 83.4 Å². The molecular formula is C23H26N6O2S. The quantitative estimate of drug-likeness (QED) is 0.604.